The summed E-state index contributed by atoms with van der Waals surface area (Å²) in [6, 6.07) is 15.0. The van der Waals surface area contributed by atoms with E-state index in [0.29, 0.717) is 36.0 Å². The zero-order valence-corrected chi connectivity index (χ0v) is 24.8. The molecule has 5 atom stereocenters. The van der Waals surface area contributed by atoms with Crippen LogP contribution in [-0.4, -0.2) is 53.4 Å². The molecule has 1 aliphatic carbocycles. The number of ether oxygens (including phenoxy) is 3. The highest BCUT2D eigenvalue weighted by Crippen LogP contribution is 2.48. The van der Waals surface area contributed by atoms with Crippen LogP contribution in [0.5, 0.6) is 11.6 Å². The van der Waals surface area contributed by atoms with Crippen LogP contribution >= 0.6 is 0 Å². The monoisotopic (exact) mass is 586 g/mol. The van der Waals surface area contributed by atoms with Crippen molar-refractivity contribution in [2.45, 2.75) is 76.1 Å². The van der Waals surface area contributed by atoms with E-state index in [1.165, 1.54) is 13.3 Å². The first-order valence-electron chi connectivity index (χ1n) is 15.6. The fourth-order valence-electron chi connectivity index (χ4n) is 7.52. The molecule has 3 unspecified atom stereocenters. The third-order valence-corrected chi connectivity index (χ3v) is 10.1. The molecule has 3 aromatic rings. The van der Waals surface area contributed by atoms with Crippen LogP contribution < -0.4 is 9.47 Å². The Hall–Kier alpha value is -3.49. The van der Waals surface area contributed by atoms with Crippen LogP contribution in [0.25, 0.3) is 11.1 Å². The SMILES string of the molecule is COc1cc(-c2ccc(C3CCc4ccc([C@H](C5CC5)[C@H](C)C(=O)O)cc4O3)cc2CN2C3CCC2COC3)c(F)cn1. The summed E-state index contributed by atoms with van der Waals surface area (Å²) in [6.45, 7) is 3.99. The lowest BCUT2D eigenvalue weighted by Gasteiger charge is -2.35. The van der Waals surface area contributed by atoms with Crippen LogP contribution in [0.15, 0.2) is 48.7 Å². The van der Waals surface area contributed by atoms with Crippen LogP contribution in [0.3, 0.4) is 0 Å². The van der Waals surface area contributed by atoms with Gasteiger partial charge in [-0.1, -0.05) is 37.3 Å². The van der Waals surface area contributed by atoms with Gasteiger partial charge in [0.25, 0.3) is 0 Å². The minimum Gasteiger partial charge on any atom is -0.485 e. The van der Waals surface area contributed by atoms with Gasteiger partial charge in [-0.25, -0.2) is 9.37 Å². The predicted octanol–water partition coefficient (Wildman–Crippen LogP) is 6.54. The van der Waals surface area contributed by atoms with Crippen LogP contribution in [0.2, 0.25) is 0 Å². The molecule has 0 amide bonds. The van der Waals surface area contributed by atoms with Gasteiger partial charge in [-0.3, -0.25) is 9.69 Å². The van der Waals surface area contributed by atoms with Gasteiger partial charge in [-0.05, 0) is 84.2 Å². The molecule has 43 heavy (non-hydrogen) atoms. The number of hydrogen-bond acceptors (Lipinski definition) is 6. The molecular formula is C35H39FN2O5. The Kier molecular flexibility index (Phi) is 7.60. The van der Waals surface area contributed by atoms with Crippen LogP contribution in [-0.2, 0) is 22.5 Å². The lowest BCUT2D eigenvalue weighted by molar-refractivity contribution is -0.142. The molecule has 7 nitrogen and oxygen atoms in total. The minimum absolute atomic E-state index is 0.00574. The van der Waals surface area contributed by atoms with Crippen molar-refractivity contribution in [1.29, 1.82) is 0 Å². The average molecular weight is 587 g/mol. The number of carboxylic acids is 1. The number of halogens is 1. The Bertz CT molecular complexity index is 1510. The van der Waals surface area contributed by atoms with Gasteiger partial charge in [0.2, 0.25) is 5.88 Å². The number of hydrogen-bond donors (Lipinski definition) is 1. The van der Waals surface area contributed by atoms with Gasteiger partial charge in [0.15, 0.2) is 0 Å². The summed E-state index contributed by atoms with van der Waals surface area (Å²) >= 11 is 0. The highest BCUT2D eigenvalue weighted by Gasteiger charge is 2.40. The quantitative estimate of drug-likeness (QED) is 0.305. The Labute approximate surface area is 252 Å². The van der Waals surface area contributed by atoms with Gasteiger partial charge in [-0.15, -0.1) is 0 Å². The van der Waals surface area contributed by atoms with Crippen molar-refractivity contribution < 1.29 is 28.5 Å². The summed E-state index contributed by atoms with van der Waals surface area (Å²) in [5.41, 5.74) is 5.64. The van der Waals surface area contributed by atoms with Crippen molar-refractivity contribution in [3.8, 4) is 22.8 Å². The number of aliphatic carboxylic acids is 1. The predicted molar refractivity (Wildman–Crippen MR) is 160 cm³/mol. The van der Waals surface area contributed by atoms with E-state index in [1.807, 2.05) is 13.0 Å². The summed E-state index contributed by atoms with van der Waals surface area (Å²) < 4.78 is 33.0. The van der Waals surface area contributed by atoms with Crippen molar-refractivity contribution in [2.75, 3.05) is 20.3 Å². The minimum atomic E-state index is -0.752. The number of morpholine rings is 1. The van der Waals surface area contributed by atoms with Crippen LogP contribution in [0.4, 0.5) is 4.39 Å². The Morgan fingerprint density at radius 2 is 1.86 bits per heavy atom. The van der Waals surface area contributed by atoms with Gasteiger partial charge >= 0.3 is 5.97 Å². The van der Waals surface area contributed by atoms with Crippen molar-refractivity contribution in [3.05, 3.63) is 76.7 Å². The molecule has 1 N–H and O–H groups in total. The second kappa shape index (κ2) is 11.5. The molecule has 2 aromatic carbocycles. The van der Waals surface area contributed by atoms with E-state index >= 15 is 4.39 Å². The third kappa shape index (κ3) is 5.51. The number of methoxy groups -OCH3 is 1. The molecule has 1 aromatic heterocycles. The molecule has 2 bridgehead atoms. The standard InChI is InChI=1S/C35H39FN2O5/c1-20(35(39)40)34(22-4-5-22)24-6-3-21-8-12-31(43-32(21)14-24)23-7-11-28(29-15-33(41-2)37-16-30(29)36)25(13-23)17-38-26-9-10-27(38)19-42-18-26/h3,6-7,11,13-16,20,22,26-27,31,34H,4-5,8-10,12,17-19H2,1-2H3,(H,39,40)/t20-,26?,27?,31?,34-/m0/s1. The smallest absolute Gasteiger partial charge is 0.306 e. The molecule has 7 rings (SSSR count). The van der Waals surface area contributed by atoms with Gasteiger partial charge in [-0.2, -0.15) is 0 Å². The molecule has 3 aliphatic heterocycles. The second-order valence-electron chi connectivity index (χ2n) is 12.7. The molecule has 1 saturated carbocycles. The number of pyridine rings is 1. The van der Waals surface area contributed by atoms with E-state index in [2.05, 4.69) is 40.2 Å². The Morgan fingerprint density at radius 1 is 1.07 bits per heavy atom. The number of aryl methyl sites for hydroxylation is 1. The summed E-state index contributed by atoms with van der Waals surface area (Å²) in [5, 5.41) is 9.78. The fraction of sp³-hybridized carbons (Fsp3) is 0.486. The first-order valence-corrected chi connectivity index (χ1v) is 15.6. The highest BCUT2D eigenvalue weighted by molar-refractivity contribution is 5.71. The second-order valence-corrected chi connectivity index (χ2v) is 12.7. The molecule has 8 heteroatoms. The molecule has 0 radical (unpaired) electrons. The van der Waals surface area contributed by atoms with Crippen molar-refractivity contribution >= 4 is 5.97 Å². The zero-order chi connectivity index (χ0) is 29.7. The maximum Gasteiger partial charge on any atom is 0.306 e. The highest BCUT2D eigenvalue weighted by atomic mass is 19.1. The van der Waals surface area contributed by atoms with Gasteiger partial charge < -0.3 is 19.3 Å². The van der Waals surface area contributed by atoms with Crippen molar-refractivity contribution in [1.82, 2.24) is 9.88 Å². The first kappa shape index (κ1) is 28.3. The molecular weight excluding hydrogens is 547 g/mol. The molecule has 4 aliphatic rings. The Balaban J connectivity index is 1.21. The zero-order valence-electron chi connectivity index (χ0n) is 24.8. The lowest BCUT2D eigenvalue weighted by Crippen LogP contribution is -2.45. The van der Waals surface area contributed by atoms with Gasteiger partial charge in [0.05, 0.1) is 32.4 Å². The van der Waals surface area contributed by atoms with Crippen molar-refractivity contribution in [2.24, 2.45) is 11.8 Å². The molecule has 3 fully saturated rings. The topological polar surface area (TPSA) is 81.1 Å². The number of aromatic nitrogens is 1. The fourth-order valence-corrected chi connectivity index (χ4v) is 7.52. The lowest BCUT2D eigenvalue weighted by atomic mass is 9.82. The first-order chi connectivity index (χ1) is 20.9. The van der Waals surface area contributed by atoms with E-state index in [9.17, 15) is 9.90 Å². The number of fused-ring (bicyclic) bond motifs is 3. The average Bonchev–Trinajstić information content (AvgIpc) is 3.83. The van der Waals surface area contributed by atoms with E-state index in [-0.39, 0.29) is 17.8 Å². The largest absolute Gasteiger partial charge is 0.485 e. The van der Waals surface area contributed by atoms with E-state index in [4.69, 9.17) is 14.2 Å². The van der Waals surface area contributed by atoms with Crippen LogP contribution in [0, 0.1) is 17.7 Å². The van der Waals surface area contributed by atoms with Crippen LogP contribution in [0.1, 0.15) is 73.3 Å². The normalized spacial score (nSPS) is 24.6. The molecule has 2 saturated heterocycles. The maximum absolute atomic E-state index is 15.2. The van der Waals surface area contributed by atoms with Gasteiger partial charge in [0.1, 0.15) is 17.7 Å². The molecule has 226 valence electrons. The third-order valence-electron chi connectivity index (χ3n) is 10.1. The number of carbonyl (C=O) groups is 1. The molecule has 0 spiro atoms. The van der Waals surface area contributed by atoms with E-state index in [0.717, 1.165) is 85.3 Å². The summed E-state index contributed by atoms with van der Waals surface area (Å²) in [7, 11) is 1.54. The number of nitrogens with zero attached hydrogens (tertiary/aromatic N) is 2. The molecule has 4 heterocycles. The van der Waals surface area contributed by atoms with E-state index in [1.54, 1.807) is 6.07 Å². The number of rotatable bonds is 9. The van der Waals surface area contributed by atoms with E-state index < -0.39 is 11.9 Å². The van der Waals surface area contributed by atoms with Gasteiger partial charge in [0, 0.05) is 30.3 Å². The summed E-state index contributed by atoms with van der Waals surface area (Å²) in [5.74, 6) is 0.0631. The summed E-state index contributed by atoms with van der Waals surface area (Å²) in [4.78, 5) is 18.5. The number of carboxylic acid groups (broad SMARTS) is 1. The Morgan fingerprint density at radius 3 is 2.58 bits per heavy atom. The summed E-state index contributed by atoms with van der Waals surface area (Å²) in [6.07, 6.45) is 7.18. The number of benzene rings is 2. The van der Waals surface area contributed by atoms with Crippen molar-refractivity contribution in [3.63, 3.8) is 0 Å². The maximum atomic E-state index is 15.2.